The van der Waals surface area contributed by atoms with Crippen molar-refractivity contribution in [2.24, 2.45) is 0 Å². The van der Waals surface area contributed by atoms with E-state index in [1.54, 1.807) is 54.6 Å². The number of halogens is 1. The number of para-hydroxylation sites is 1. The van der Waals surface area contributed by atoms with Crippen molar-refractivity contribution in [1.82, 2.24) is 0 Å². The summed E-state index contributed by atoms with van der Waals surface area (Å²) in [5.74, 6) is -3.44. The summed E-state index contributed by atoms with van der Waals surface area (Å²) in [5.41, 5.74) is -1.57. The van der Waals surface area contributed by atoms with E-state index in [0.29, 0.717) is 0 Å². The lowest BCUT2D eigenvalue weighted by molar-refractivity contribution is -0.394. The molecule has 2 heterocycles. The third-order valence-electron chi connectivity index (χ3n) is 8.53. The van der Waals surface area contributed by atoms with Gasteiger partial charge in [0.15, 0.2) is 18.4 Å². The van der Waals surface area contributed by atoms with Crippen LogP contribution in [0, 0.1) is 26.0 Å². The number of hydrogen-bond acceptors (Lipinski definition) is 13. The fourth-order valence-corrected chi connectivity index (χ4v) is 7.26. The Morgan fingerprint density at radius 2 is 1.24 bits per heavy atom. The number of non-ortho nitro benzene ring substituents is 1. The smallest absolute Gasteiger partial charge is 0.338 e. The SMILES string of the molecule is O=C(OC[C@@H]1O[C@H](N2c3c(F)cccc3Sc3cc([N+](=O)[O-])cc([N+](=O)[O-])c32)[C@@H](OC(=O)c2ccccc2)[C@H]1OC(=O)c1ccccc1)c1ccccc1. The lowest BCUT2D eigenvalue weighted by atomic mass is 10.1. The lowest BCUT2D eigenvalue weighted by Crippen LogP contribution is -2.47. The van der Waals surface area contributed by atoms with Crippen LogP contribution < -0.4 is 4.90 Å². The third-order valence-corrected chi connectivity index (χ3v) is 9.61. The minimum Gasteiger partial charge on any atom is -0.459 e. The van der Waals surface area contributed by atoms with Crippen LogP contribution >= 0.6 is 11.8 Å². The second-order valence-electron chi connectivity index (χ2n) is 11.9. The Kier molecular flexibility index (Phi) is 10.0. The highest BCUT2D eigenvalue weighted by atomic mass is 32.2. The van der Waals surface area contributed by atoms with E-state index in [1.165, 1.54) is 48.5 Å². The zero-order valence-electron chi connectivity index (χ0n) is 27.7. The first-order valence-electron chi connectivity index (χ1n) is 16.2. The highest BCUT2D eigenvalue weighted by Gasteiger charge is 2.55. The van der Waals surface area contributed by atoms with Gasteiger partial charge in [0.25, 0.3) is 5.69 Å². The van der Waals surface area contributed by atoms with E-state index in [1.807, 2.05) is 0 Å². The Labute approximate surface area is 309 Å². The van der Waals surface area contributed by atoms with Gasteiger partial charge in [-0.3, -0.25) is 20.2 Å². The molecule has 1 saturated heterocycles. The molecule has 54 heavy (non-hydrogen) atoms. The van der Waals surface area contributed by atoms with E-state index < -0.39 is 76.1 Å². The van der Waals surface area contributed by atoms with Gasteiger partial charge in [-0.25, -0.2) is 18.8 Å². The minimum atomic E-state index is -1.71. The molecule has 14 nitrogen and oxygen atoms in total. The van der Waals surface area contributed by atoms with Crippen LogP contribution in [0.3, 0.4) is 0 Å². The summed E-state index contributed by atoms with van der Waals surface area (Å²) in [6.07, 6.45) is -6.36. The van der Waals surface area contributed by atoms with E-state index in [-0.39, 0.29) is 37.9 Å². The van der Waals surface area contributed by atoms with E-state index in [0.717, 1.165) is 34.9 Å². The topological polar surface area (TPSA) is 178 Å². The predicted octanol–water partition coefficient (Wildman–Crippen LogP) is 7.28. The standard InChI is InChI=1S/C38H26FN3O11S/c39-26-17-10-18-29-31(26)40(32-27(42(48)49)19-25(41(46)47)20-30(32)54-29)35-34(53-38(45)24-15-8-3-9-16-24)33(52-37(44)23-13-6-2-7-14-23)28(51-35)21-50-36(43)22-11-4-1-5-12-22/h1-20,28,33-35H,21H2/t28-,33-,34-,35-/m0/s1. The molecule has 2 aliphatic rings. The number of nitro benzene ring substituents is 2. The van der Waals surface area contributed by atoms with Gasteiger partial charge >= 0.3 is 23.6 Å². The van der Waals surface area contributed by atoms with Gasteiger partial charge in [0.2, 0.25) is 0 Å². The molecule has 4 atom stereocenters. The van der Waals surface area contributed by atoms with Crippen LogP contribution in [0.4, 0.5) is 27.1 Å². The molecule has 0 radical (unpaired) electrons. The van der Waals surface area contributed by atoms with Crippen molar-refractivity contribution >= 4 is 52.4 Å². The molecule has 0 unspecified atom stereocenters. The first kappa shape index (κ1) is 35.7. The fourth-order valence-electron chi connectivity index (χ4n) is 6.10. The predicted molar refractivity (Wildman–Crippen MR) is 189 cm³/mol. The van der Waals surface area contributed by atoms with Crippen LogP contribution in [0.15, 0.2) is 131 Å². The van der Waals surface area contributed by atoms with Crippen LogP contribution in [0.25, 0.3) is 0 Å². The van der Waals surface area contributed by atoms with Crippen molar-refractivity contribution in [2.45, 2.75) is 34.3 Å². The third kappa shape index (κ3) is 7.07. The zero-order chi connectivity index (χ0) is 37.9. The van der Waals surface area contributed by atoms with Crippen LogP contribution in [-0.4, -0.2) is 58.9 Å². The van der Waals surface area contributed by atoms with Crippen molar-refractivity contribution in [3.8, 4) is 0 Å². The van der Waals surface area contributed by atoms with Gasteiger partial charge < -0.3 is 23.8 Å². The Hall–Kier alpha value is -6.65. The summed E-state index contributed by atoms with van der Waals surface area (Å²) in [6.45, 7) is -0.585. The largest absolute Gasteiger partial charge is 0.459 e. The Morgan fingerprint density at radius 3 is 1.80 bits per heavy atom. The second kappa shape index (κ2) is 15.1. The van der Waals surface area contributed by atoms with E-state index in [9.17, 15) is 34.6 Å². The van der Waals surface area contributed by atoms with Gasteiger partial charge in [0.1, 0.15) is 24.2 Å². The molecule has 0 spiro atoms. The second-order valence-corrected chi connectivity index (χ2v) is 13.0. The Balaban J connectivity index is 1.39. The molecule has 0 aliphatic carbocycles. The molecule has 0 amide bonds. The van der Waals surface area contributed by atoms with Gasteiger partial charge in [-0.2, -0.15) is 0 Å². The molecule has 0 bridgehead atoms. The van der Waals surface area contributed by atoms with Crippen molar-refractivity contribution in [1.29, 1.82) is 0 Å². The molecule has 1 fully saturated rings. The number of rotatable bonds is 10. The molecule has 7 rings (SSSR count). The molecule has 272 valence electrons. The number of nitro groups is 2. The number of anilines is 2. The number of nitrogens with zero attached hydrogens (tertiary/aromatic N) is 3. The number of ether oxygens (including phenoxy) is 4. The highest BCUT2D eigenvalue weighted by Crippen LogP contribution is 2.56. The monoisotopic (exact) mass is 751 g/mol. The molecular weight excluding hydrogens is 725 g/mol. The lowest BCUT2D eigenvalue weighted by Gasteiger charge is -2.38. The van der Waals surface area contributed by atoms with Crippen molar-refractivity contribution in [3.63, 3.8) is 0 Å². The molecule has 0 saturated carbocycles. The number of benzene rings is 5. The van der Waals surface area contributed by atoms with Gasteiger partial charge in [0, 0.05) is 11.0 Å². The number of fused-ring (bicyclic) bond motifs is 2. The van der Waals surface area contributed by atoms with E-state index >= 15 is 4.39 Å². The summed E-state index contributed by atoms with van der Waals surface area (Å²) in [6, 6.07) is 29.3. The van der Waals surface area contributed by atoms with Crippen LogP contribution in [-0.2, 0) is 18.9 Å². The number of hydrogen-bond donors (Lipinski definition) is 0. The normalized spacial score (nSPS) is 18.5. The van der Waals surface area contributed by atoms with Gasteiger partial charge in [-0.1, -0.05) is 72.4 Å². The number of carbonyl (C=O) groups excluding carboxylic acids is 3. The summed E-state index contributed by atoms with van der Waals surface area (Å²) >= 11 is 0.847. The van der Waals surface area contributed by atoms with E-state index in [2.05, 4.69) is 0 Å². The molecule has 16 heteroatoms. The maximum Gasteiger partial charge on any atom is 0.338 e. The molecule has 2 aliphatic heterocycles. The molecule has 0 N–H and O–H groups in total. The molecule has 5 aromatic rings. The van der Waals surface area contributed by atoms with Crippen LogP contribution in [0.2, 0.25) is 0 Å². The maximum absolute atomic E-state index is 16.1. The van der Waals surface area contributed by atoms with Gasteiger partial charge in [0.05, 0.1) is 43.2 Å². The van der Waals surface area contributed by atoms with Crippen molar-refractivity contribution in [3.05, 3.63) is 164 Å². The highest BCUT2D eigenvalue weighted by molar-refractivity contribution is 7.99. The quantitative estimate of drug-likeness (QED) is 0.0602. The average molecular weight is 752 g/mol. The van der Waals surface area contributed by atoms with Crippen LogP contribution in [0.5, 0.6) is 0 Å². The molecule has 5 aromatic carbocycles. The summed E-state index contributed by atoms with van der Waals surface area (Å²) in [4.78, 5) is 64.5. The zero-order valence-corrected chi connectivity index (χ0v) is 28.5. The minimum absolute atomic E-state index is 0.0116. The van der Waals surface area contributed by atoms with Crippen molar-refractivity contribution in [2.75, 3.05) is 11.5 Å². The van der Waals surface area contributed by atoms with Gasteiger partial charge in [-0.05, 0) is 48.5 Å². The van der Waals surface area contributed by atoms with Crippen molar-refractivity contribution < 1.29 is 47.6 Å². The summed E-state index contributed by atoms with van der Waals surface area (Å²) in [7, 11) is 0. The Morgan fingerprint density at radius 1 is 0.685 bits per heavy atom. The average Bonchev–Trinajstić information content (AvgIpc) is 3.51. The van der Waals surface area contributed by atoms with Gasteiger partial charge in [-0.15, -0.1) is 0 Å². The van der Waals surface area contributed by atoms with Crippen LogP contribution in [0.1, 0.15) is 31.1 Å². The Bertz CT molecular complexity index is 2260. The molecule has 0 aromatic heterocycles. The fraction of sp³-hybridized carbons (Fsp3) is 0.132. The maximum atomic E-state index is 16.1. The molecular formula is C38H26FN3O11S. The number of carbonyl (C=O) groups is 3. The van der Waals surface area contributed by atoms with E-state index in [4.69, 9.17) is 18.9 Å². The first-order valence-corrected chi connectivity index (χ1v) is 17.0. The first-order chi connectivity index (χ1) is 26.1. The summed E-state index contributed by atoms with van der Waals surface area (Å²) in [5, 5.41) is 24.5. The number of esters is 3. The summed E-state index contributed by atoms with van der Waals surface area (Å²) < 4.78 is 40.1.